The van der Waals surface area contributed by atoms with E-state index in [0.717, 1.165) is 0 Å². The molecule has 1 fully saturated rings. The minimum absolute atomic E-state index is 0.152. The zero-order valence-corrected chi connectivity index (χ0v) is 8.13. The zero-order chi connectivity index (χ0) is 12.4. The highest BCUT2D eigenvalue weighted by atomic mass is 19.4. The van der Waals surface area contributed by atoms with Crippen molar-refractivity contribution in [1.29, 1.82) is 0 Å². The van der Waals surface area contributed by atoms with Crippen molar-refractivity contribution in [3.05, 3.63) is 0 Å². The lowest BCUT2D eigenvalue weighted by Crippen LogP contribution is -2.49. The van der Waals surface area contributed by atoms with Crippen LogP contribution in [0.25, 0.3) is 0 Å². The van der Waals surface area contributed by atoms with E-state index in [2.05, 4.69) is 4.74 Å². The third-order valence-electron chi connectivity index (χ3n) is 2.13. The van der Waals surface area contributed by atoms with Crippen LogP contribution >= 0.6 is 0 Å². The number of amides is 1. The summed E-state index contributed by atoms with van der Waals surface area (Å²) in [6.07, 6.45) is -4.78. The number of alkyl halides is 3. The summed E-state index contributed by atoms with van der Waals surface area (Å²) in [7, 11) is 0. The number of nitrogens with one attached hydrogen (secondary N) is 1. The van der Waals surface area contributed by atoms with Crippen molar-refractivity contribution in [2.24, 2.45) is 0 Å². The van der Waals surface area contributed by atoms with E-state index in [1.165, 1.54) is 0 Å². The molecule has 0 aromatic heterocycles. The number of ether oxygens (including phenoxy) is 1. The third kappa shape index (κ3) is 3.09. The Morgan fingerprint density at radius 3 is 2.25 bits per heavy atom. The van der Waals surface area contributed by atoms with Gasteiger partial charge in [0.15, 0.2) is 0 Å². The molecule has 1 saturated carbocycles. The van der Waals surface area contributed by atoms with E-state index < -0.39 is 36.8 Å². The first-order chi connectivity index (χ1) is 7.27. The zero-order valence-electron chi connectivity index (χ0n) is 8.13. The number of aliphatic carboxylic acids is 1. The van der Waals surface area contributed by atoms with Gasteiger partial charge in [-0.05, 0) is 12.8 Å². The van der Waals surface area contributed by atoms with Gasteiger partial charge in [-0.1, -0.05) is 0 Å². The maximum atomic E-state index is 12.4. The summed E-state index contributed by atoms with van der Waals surface area (Å²) in [5.74, 6) is -2.25. The molecule has 1 aliphatic carbocycles. The van der Waals surface area contributed by atoms with Crippen molar-refractivity contribution in [2.45, 2.75) is 24.6 Å². The summed E-state index contributed by atoms with van der Waals surface area (Å²) >= 11 is 0. The van der Waals surface area contributed by atoms with E-state index in [-0.39, 0.29) is 12.8 Å². The molecule has 5 nitrogen and oxygen atoms in total. The molecule has 0 unspecified atom stereocenters. The van der Waals surface area contributed by atoms with E-state index in [1.54, 1.807) is 5.32 Å². The Bertz CT molecular complexity index is 298. The smallest absolute Gasteiger partial charge is 0.411 e. The SMILES string of the molecule is O=C(O)COCC(=O)NC1(C(F)(F)F)CC1. The van der Waals surface area contributed by atoms with Crippen LogP contribution in [0.5, 0.6) is 0 Å². The van der Waals surface area contributed by atoms with Gasteiger partial charge in [-0.15, -0.1) is 0 Å². The highest BCUT2D eigenvalue weighted by Gasteiger charge is 2.64. The Hall–Kier alpha value is -1.31. The number of hydrogen-bond donors (Lipinski definition) is 2. The van der Waals surface area contributed by atoms with Crippen LogP contribution in [0, 0.1) is 0 Å². The number of rotatable bonds is 5. The molecule has 2 N–H and O–H groups in total. The molecule has 0 bridgehead atoms. The number of carboxylic acids is 1. The average Bonchev–Trinajstić information content (AvgIpc) is 2.83. The van der Waals surface area contributed by atoms with Gasteiger partial charge in [-0.2, -0.15) is 13.2 Å². The van der Waals surface area contributed by atoms with Gasteiger partial charge in [0.05, 0.1) is 0 Å². The number of carbonyl (C=O) groups excluding carboxylic acids is 1. The number of halogens is 3. The maximum Gasteiger partial charge on any atom is 0.411 e. The predicted octanol–water partition coefficient (Wildman–Crippen LogP) is 0.299. The molecule has 0 aromatic rings. The van der Waals surface area contributed by atoms with Gasteiger partial charge in [0, 0.05) is 0 Å². The van der Waals surface area contributed by atoms with Crippen LogP contribution in [0.4, 0.5) is 13.2 Å². The molecular weight excluding hydrogens is 231 g/mol. The van der Waals surface area contributed by atoms with E-state index in [9.17, 15) is 22.8 Å². The maximum absolute atomic E-state index is 12.4. The number of carboxylic acid groups (broad SMARTS) is 1. The summed E-state index contributed by atoms with van der Waals surface area (Å²) < 4.78 is 41.4. The normalized spacial score (nSPS) is 17.9. The van der Waals surface area contributed by atoms with Gasteiger partial charge < -0.3 is 15.2 Å². The largest absolute Gasteiger partial charge is 0.480 e. The van der Waals surface area contributed by atoms with Crippen LogP contribution in [0.15, 0.2) is 0 Å². The second-order valence-corrected chi connectivity index (χ2v) is 3.51. The van der Waals surface area contributed by atoms with Crippen molar-refractivity contribution in [3.63, 3.8) is 0 Å². The molecule has 0 radical (unpaired) electrons. The van der Waals surface area contributed by atoms with Crippen LogP contribution in [0.2, 0.25) is 0 Å². The van der Waals surface area contributed by atoms with Crippen molar-refractivity contribution in [1.82, 2.24) is 5.32 Å². The standard InChI is InChI=1S/C8H10F3NO4/c9-8(10,11)7(1-2-7)12-5(13)3-16-4-6(14)15/h1-4H2,(H,12,13)(H,14,15). The second-order valence-electron chi connectivity index (χ2n) is 3.51. The second kappa shape index (κ2) is 4.28. The predicted molar refractivity (Wildman–Crippen MR) is 44.6 cm³/mol. The van der Waals surface area contributed by atoms with Crippen LogP contribution in [0.3, 0.4) is 0 Å². The van der Waals surface area contributed by atoms with Crippen molar-refractivity contribution in [2.75, 3.05) is 13.2 Å². The van der Waals surface area contributed by atoms with Gasteiger partial charge in [0.25, 0.3) is 0 Å². The molecule has 1 amide bonds. The summed E-state index contributed by atoms with van der Waals surface area (Å²) in [5, 5.41) is 9.96. The molecule has 16 heavy (non-hydrogen) atoms. The topological polar surface area (TPSA) is 75.6 Å². The Balaban J connectivity index is 2.32. The minimum atomic E-state index is -4.48. The first kappa shape index (κ1) is 12.8. The van der Waals surface area contributed by atoms with Crippen LogP contribution in [-0.2, 0) is 14.3 Å². The first-order valence-corrected chi connectivity index (χ1v) is 4.44. The van der Waals surface area contributed by atoms with E-state index >= 15 is 0 Å². The van der Waals surface area contributed by atoms with Crippen molar-refractivity contribution >= 4 is 11.9 Å². The van der Waals surface area contributed by atoms with Gasteiger partial charge in [0.2, 0.25) is 5.91 Å². The number of hydrogen-bond acceptors (Lipinski definition) is 3. The summed E-state index contributed by atoms with van der Waals surface area (Å²) in [6.45, 7) is -1.41. The highest BCUT2D eigenvalue weighted by molar-refractivity contribution is 5.79. The van der Waals surface area contributed by atoms with Gasteiger partial charge >= 0.3 is 12.1 Å². The van der Waals surface area contributed by atoms with Crippen LogP contribution in [-0.4, -0.2) is 41.9 Å². The Morgan fingerprint density at radius 1 is 1.31 bits per heavy atom. The molecule has 0 aliphatic heterocycles. The molecular formula is C8H10F3NO4. The molecule has 92 valence electrons. The third-order valence-corrected chi connectivity index (χ3v) is 2.13. The fourth-order valence-corrected chi connectivity index (χ4v) is 1.14. The van der Waals surface area contributed by atoms with E-state index in [0.29, 0.717) is 0 Å². The Morgan fingerprint density at radius 2 is 1.88 bits per heavy atom. The summed E-state index contributed by atoms with van der Waals surface area (Å²) in [4.78, 5) is 21.0. The fraction of sp³-hybridized carbons (Fsp3) is 0.750. The highest BCUT2D eigenvalue weighted by Crippen LogP contribution is 2.48. The molecule has 1 rings (SSSR count). The number of carbonyl (C=O) groups is 2. The molecule has 0 spiro atoms. The summed E-state index contributed by atoms with van der Waals surface area (Å²) in [6, 6.07) is 0. The molecule has 0 aromatic carbocycles. The van der Waals surface area contributed by atoms with Crippen LogP contribution in [0.1, 0.15) is 12.8 Å². The van der Waals surface area contributed by atoms with E-state index in [4.69, 9.17) is 5.11 Å². The molecule has 0 atom stereocenters. The van der Waals surface area contributed by atoms with Gasteiger partial charge in [-0.3, -0.25) is 4.79 Å². The summed E-state index contributed by atoms with van der Waals surface area (Å²) in [5.41, 5.74) is -2.13. The first-order valence-electron chi connectivity index (χ1n) is 4.44. The van der Waals surface area contributed by atoms with Gasteiger partial charge in [-0.25, -0.2) is 4.79 Å². The molecule has 1 aliphatic rings. The molecule has 8 heteroatoms. The lowest BCUT2D eigenvalue weighted by atomic mass is 10.2. The van der Waals surface area contributed by atoms with Crippen molar-refractivity contribution < 1.29 is 32.6 Å². The van der Waals surface area contributed by atoms with E-state index in [1.807, 2.05) is 0 Å². The molecule has 0 heterocycles. The lowest BCUT2D eigenvalue weighted by Gasteiger charge is -2.20. The molecule has 0 saturated heterocycles. The minimum Gasteiger partial charge on any atom is -0.480 e. The quantitative estimate of drug-likeness (QED) is 0.725. The fourth-order valence-electron chi connectivity index (χ4n) is 1.14. The Kier molecular flexibility index (Phi) is 3.41. The average molecular weight is 241 g/mol. The van der Waals surface area contributed by atoms with Gasteiger partial charge in [0.1, 0.15) is 18.8 Å². The lowest BCUT2D eigenvalue weighted by molar-refractivity contribution is -0.171. The Labute approximate surface area is 88.6 Å². The van der Waals surface area contributed by atoms with Crippen LogP contribution < -0.4 is 5.32 Å². The monoisotopic (exact) mass is 241 g/mol. The van der Waals surface area contributed by atoms with Crippen molar-refractivity contribution in [3.8, 4) is 0 Å².